The Hall–Kier alpha value is -2.21. The van der Waals surface area contributed by atoms with E-state index in [2.05, 4.69) is 15.4 Å². The highest BCUT2D eigenvalue weighted by atomic mass is 16.1. The van der Waals surface area contributed by atoms with Gasteiger partial charge in [0.15, 0.2) is 0 Å². The Balaban J connectivity index is 1.90. The molecule has 1 aromatic carbocycles. The molecule has 3 N–H and O–H groups in total. The Morgan fingerprint density at radius 3 is 3.00 bits per heavy atom. The van der Waals surface area contributed by atoms with E-state index in [1.165, 1.54) is 6.33 Å². The lowest BCUT2D eigenvalue weighted by Gasteiger charge is -2.07. The lowest BCUT2D eigenvalue weighted by Crippen LogP contribution is -2.12. The summed E-state index contributed by atoms with van der Waals surface area (Å²) < 4.78 is 1.74. The van der Waals surface area contributed by atoms with Crippen molar-refractivity contribution in [2.75, 3.05) is 11.9 Å². The molecule has 1 amide bonds. The van der Waals surface area contributed by atoms with Gasteiger partial charge in [0.1, 0.15) is 12.7 Å². The van der Waals surface area contributed by atoms with Crippen molar-refractivity contribution in [2.24, 2.45) is 5.73 Å². The summed E-state index contributed by atoms with van der Waals surface area (Å²) in [6.45, 7) is 1.26. The molecule has 1 heterocycles. The molecule has 1 aromatic heterocycles. The molecule has 0 bridgehead atoms. The molecule has 6 nitrogen and oxygen atoms in total. The van der Waals surface area contributed by atoms with Crippen LogP contribution in [0.4, 0.5) is 5.69 Å². The van der Waals surface area contributed by atoms with Crippen molar-refractivity contribution in [3.05, 3.63) is 42.5 Å². The van der Waals surface area contributed by atoms with Gasteiger partial charge >= 0.3 is 0 Å². The monoisotopic (exact) mass is 273 g/mol. The summed E-state index contributed by atoms with van der Waals surface area (Å²) in [6.07, 6.45) is 5.37. The molecular weight excluding hydrogens is 254 g/mol. The van der Waals surface area contributed by atoms with Gasteiger partial charge in [-0.05, 0) is 37.1 Å². The van der Waals surface area contributed by atoms with Crippen LogP contribution >= 0.6 is 0 Å². The first kappa shape index (κ1) is 14.2. The van der Waals surface area contributed by atoms with Gasteiger partial charge in [-0.2, -0.15) is 5.10 Å². The molecule has 0 fully saturated rings. The summed E-state index contributed by atoms with van der Waals surface area (Å²) >= 11 is 0. The number of benzene rings is 1. The van der Waals surface area contributed by atoms with Crippen LogP contribution < -0.4 is 11.1 Å². The number of unbranched alkanes of at least 4 members (excludes halogenated alkanes) is 1. The molecule has 0 saturated heterocycles. The normalized spacial score (nSPS) is 10.4. The van der Waals surface area contributed by atoms with Crippen LogP contribution in [0.5, 0.6) is 0 Å². The molecule has 0 atom stereocenters. The predicted octanol–water partition coefficient (Wildman–Crippen LogP) is 1.39. The fourth-order valence-electron chi connectivity index (χ4n) is 1.90. The maximum Gasteiger partial charge on any atom is 0.224 e. The fraction of sp³-hybridized carbons (Fsp3) is 0.357. The minimum atomic E-state index is 0.0244. The molecule has 0 aliphatic heterocycles. The Labute approximate surface area is 118 Å². The average molecular weight is 273 g/mol. The molecular formula is C14H19N5O. The number of carbonyl (C=O) groups excluding carboxylic acids is 1. The number of rotatable bonds is 7. The van der Waals surface area contributed by atoms with Gasteiger partial charge in [-0.3, -0.25) is 4.79 Å². The van der Waals surface area contributed by atoms with Gasteiger partial charge in [-0.15, -0.1) is 0 Å². The van der Waals surface area contributed by atoms with E-state index in [0.29, 0.717) is 19.5 Å². The number of aromatic nitrogens is 3. The first-order valence-electron chi connectivity index (χ1n) is 6.69. The smallest absolute Gasteiger partial charge is 0.224 e. The molecule has 6 heteroatoms. The van der Waals surface area contributed by atoms with Crippen molar-refractivity contribution in [1.82, 2.24) is 14.8 Å². The van der Waals surface area contributed by atoms with E-state index in [9.17, 15) is 4.79 Å². The quantitative estimate of drug-likeness (QED) is 0.746. The lowest BCUT2D eigenvalue weighted by molar-refractivity contribution is -0.116. The largest absolute Gasteiger partial charge is 0.330 e. The molecule has 106 valence electrons. The maximum absolute atomic E-state index is 11.7. The highest BCUT2D eigenvalue weighted by Crippen LogP contribution is 2.12. The van der Waals surface area contributed by atoms with Crippen LogP contribution in [0.3, 0.4) is 0 Å². The summed E-state index contributed by atoms with van der Waals surface area (Å²) in [5, 5.41) is 6.95. The zero-order chi connectivity index (χ0) is 14.2. The third-order valence-electron chi connectivity index (χ3n) is 2.88. The molecule has 0 unspecified atom stereocenters. The maximum atomic E-state index is 11.7. The van der Waals surface area contributed by atoms with E-state index < -0.39 is 0 Å². The number of hydrogen-bond donors (Lipinski definition) is 2. The van der Waals surface area contributed by atoms with Crippen molar-refractivity contribution in [3.63, 3.8) is 0 Å². The Bertz CT molecular complexity index is 538. The predicted molar refractivity (Wildman–Crippen MR) is 77.1 cm³/mol. The average Bonchev–Trinajstić information content (AvgIpc) is 2.92. The second-order valence-electron chi connectivity index (χ2n) is 4.59. The van der Waals surface area contributed by atoms with Crippen molar-refractivity contribution >= 4 is 11.6 Å². The SMILES string of the molecule is NCCCCC(=O)Nc1cccc(Cn2cncn2)c1. The summed E-state index contributed by atoms with van der Waals surface area (Å²) in [6, 6.07) is 7.74. The highest BCUT2D eigenvalue weighted by Gasteiger charge is 2.03. The molecule has 0 aliphatic rings. The first-order chi connectivity index (χ1) is 9.78. The molecule has 0 saturated carbocycles. The first-order valence-corrected chi connectivity index (χ1v) is 6.69. The van der Waals surface area contributed by atoms with E-state index >= 15 is 0 Å². The second kappa shape index (κ2) is 7.40. The van der Waals surface area contributed by atoms with Crippen molar-refractivity contribution in [3.8, 4) is 0 Å². The molecule has 0 aliphatic carbocycles. The van der Waals surface area contributed by atoms with E-state index in [0.717, 1.165) is 24.1 Å². The summed E-state index contributed by atoms with van der Waals surface area (Å²) in [7, 11) is 0. The van der Waals surface area contributed by atoms with Crippen LogP contribution in [-0.4, -0.2) is 27.2 Å². The van der Waals surface area contributed by atoms with Crippen LogP contribution in [0.2, 0.25) is 0 Å². The van der Waals surface area contributed by atoms with Crippen LogP contribution in [0.1, 0.15) is 24.8 Å². The standard InChI is InChI=1S/C14H19N5O/c15-7-2-1-6-14(20)18-13-5-3-4-12(8-13)9-19-11-16-10-17-19/h3-5,8,10-11H,1-2,6-7,9,15H2,(H,18,20). The van der Waals surface area contributed by atoms with Crippen molar-refractivity contribution in [1.29, 1.82) is 0 Å². The zero-order valence-corrected chi connectivity index (χ0v) is 11.3. The van der Waals surface area contributed by atoms with Crippen LogP contribution in [0, 0.1) is 0 Å². The molecule has 2 aromatic rings. The number of hydrogen-bond acceptors (Lipinski definition) is 4. The number of nitrogens with zero attached hydrogens (tertiary/aromatic N) is 3. The van der Waals surface area contributed by atoms with E-state index in [1.807, 2.05) is 24.3 Å². The summed E-state index contributed by atoms with van der Waals surface area (Å²) in [4.78, 5) is 15.6. The van der Waals surface area contributed by atoms with Gasteiger partial charge in [0.2, 0.25) is 5.91 Å². The van der Waals surface area contributed by atoms with Gasteiger partial charge in [-0.25, -0.2) is 9.67 Å². The fourth-order valence-corrected chi connectivity index (χ4v) is 1.90. The summed E-state index contributed by atoms with van der Waals surface area (Å²) in [5.74, 6) is 0.0244. The summed E-state index contributed by atoms with van der Waals surface area (Å²) in [5.41, 5.74) is 7.28. The van der Waals surface area contributed by atoms with Crippen LogP contribution in [-0.2, 0) is 11.3 Å². The second-order valence-corrected chi connectivity index (χ2v) is 4.59. The molecule has 20 heavy (non-hydrogen) atoms. The molecule has 0 radical (unpaired) electrons. The number of amides is 1. The molecule has 0 spiro atoms. The minimum absolute atomic E-state index is 0.0244. The van der Waals surface area contributed by atoms with E-state index in [-0.39, 0.29) is 5.91 Å². The number of nitrogens with one attached hydrogen (secondary N) is 1. The van der Waals surface area contributed by atoms with Crippen LogP contribution in [0.25, 0.3) is 0 Å². The topological polar surface area (TPSA) is 85.8 Å². The molecule has 2 rings (SSSR count). The number of nitrogens with two attached hydrogens (primary N) is 1. The van der Waals surface area contributed by atoms with Gasteiger partial charge < -0.3 is 11.1 Å². The third-order valence-corrected chi connectivity index (χ3v) is 2.88. The van der Waals surface area contributed by atoms with Crippen molar-refractivity contribution < 1.29 is 4.79 Å². The van der Waals surface area contributed by atoms with Crippen molar-refractivity contribution in [2.45, 2.75) is 25.8 Å². The van der Waals surface area contributed by atoms with Gasteiger partial charge in [0.05, 0.1) is 6.54 Å². The van der Waals surface area contributed by atoms with Gasteiger partial charge in [0.25, 0.3) is 0 Å². The van der Waals surface area contributed by atoms with E-state index in [1.54, 1.807) is 11.0 Å². The minimum Gasteiger partial charge on any atom is -0.330 e. The number of carbonyl (C=O) groups is 1. The lowest BCUT2D eigenvalue weighted by atomic mass is 10.2. The Kier molecular flexibility index (Phi) is 5.25. The third kappa shape index (κ3) is 4.47. The van der Waals surface area contributed by atoms with Gasteiger partial charge in [-0.1, -0.05) is 12.1 Å². The zero-order valence-electron chi connectivity index (χ0n) is 11.3. The Morgan fingerprint density at radius 1 is 1.35 bits per heavy atom. The van der Waals surface area contributed by atoms with E-state index in [4.69, 9.17) is 5.73 Å². The van der Waals surface area contributed by atoms with Gasteiger partial charge in [0, 0.05) is 12.1 Å². The highest BCUT2D eigenvalue weighted by molar-refractivity contribution is 5.90. The number of anilines is 1. The Morgan fingerprint density at radius 2 is 2.25 bits per heavy atom. The van der Waals surface area contributed by atoms with Crippen LogP contribution in [0.15, 0.2) is 36.9 Å².